The van der Waals surface area contributed by atoms with Crippen LogP contribution in [0.2, 0.25) is 0 Å². The maximum absolute atomic E-state index is 4.88. The van der Waals surface area contributed by atoms with Crippen molar-refractivity contribution in [2.45, 2.75) is 77.0 Å². The molecule has 182 valence electrons. The molecule has 0 amide bonds. The molecule has 1 saturated carbocycles. The highest BCUT2D eigenvalue weighted by molar-refractivity contribution is 9.10. The van der Waals surface area contributed by atoms with E-state index in [-0.39, 0.29) is 0 Å². The van der Waals surface area contributed by atoms with Crippen molar-refractivity contribution in [2.75, 3.05) is 19.0 Å². The zero-order valence-corrected chi connectivity index (χ0v) is 22.6. The Morgan fingerprint density at radius 3 is 2.18 bits per heavy atom. The standard InChI is InChI=1S/C30H40BrN3/c1-34(2)30-26-15-7-9-17-28(26)32-29(33-30)18-10-12-24-21-19-23(20-22-24)11-4-3-5-13-25-14-6-8-16-27(25)31/h6-9,14-17,23-24H,3-5,10-13,18-22H2,1-2H3. The van der Waals surface area contributed by atoms with Gasteiger partial charge in [-0.3, -0.25) is 0 Å². The fraction of sp³-hybridized carbons (Fsp3) is 0.533. The molecule has 3 aromatic rings. The number of benzene rings is 2. The van der Waals surface area contributed by atoms with Gasteiger partial charge in [0.15, 0.2) is 0 Å². The Bertz CT molecular complexity index is 1040. The molecule has 0 bridgehead atoms. The Balaban J connectivity index is 1.13. The lowest BCUT2D eigenvalue weighted by atomic mass is 9.78. The van der Waals surface area contributed by atoms with Crippen LogP contribution < -0.4 is 4.90 Å². The van der Waals surface area contributed by atoms with Crippen LogP contribution in [0.3, 0.4) is 0 Å². The first-order chi connectivity index (χ1) is 16.6. The molecule has 3 nitrogen and oxygen atoms in total. The van der Waals surface area contributed by atoms with Gasteiger partial charge in [0.05, 0.1) is 5.52 Å². The van der Waals surface area contributed by atoms with Crippen molar-refractivity contribution in [1.82, 2.24) is 9.97 Å². The quantitative estimate of drug-likeness (QED) is 0.237. The topological polar surface area (TPSA) is 29.0 Å². The van der Waals surface area contributed by atoms with E-state index in [1.807, 2.05) is 0 Å². The van der Waals surface area contributed by atoms with E-state index in [0.717, 1.165) is 40.8 Å². The van der Waals surface area contributed by atoms with E-state index in [2.05, 4.69) is 83.5 Å². The van der Waals surface area contributed by atoms with Crippen LogP contribution in [-0.2, 0) is 12.8 Å². The van der Waals surface area contributed by atoms with Crippen molar-refractivity contribution in [1.29, 1.82) is 0 Å². The summed E-state index contributed by atoms with van der Waals surface area (Å²) in [7, 11) is 4.14. The fourth-order valence-electron chi connectivity index (χ4n) is 5.54. The average Bonchev–Trinajstić information content (AvgIpc) is 2.85. The van der Waals surface area contributed by atoms with Gasteiger partial charge in [-0.2, -0.15) is 0 Å². The number of anilines is 1. The van der Waals surface area contributed by atoms with E-state index in [1.54, 1.807) is 0 Å². The molecule has 0 atom stereocenters. The Kier molecular flexibility index (Phi) is 9.38. The summed E-state index contributed by atoms with van der Waals surface area (Å²) in [6.45, 7) is 0. The number of rotatable bonds is 11. The zero-order valence-electron chi connectivity index (χ0n) is 21.0. The second kappa shape index (κ2) is 12.7. The van der Waals surface area contributed by atoms with Crippen molar-refractivity contribution in [3.63, 3.8) is 0 Å². The van der Waals surface area contributed by atoms with Crippen molar-refractivity contribution in [3.8, 4) is 0 Å². The first kappa shape index (κ1) is 25.2. The number of hydrogen-bond acceptors (Lipinski definition) is 3. The smallest absolute Gasteiger partial charge is 0.139 e. The van der Waals surface area contributed by atoms with Gasteiger partial charge in [0, 0.05) is 30.4 Å². The summed E-state index contributed by atoms with van der Waals surface area (Å²) in [4.78, 5) is 11.8. The summed E-state index contributed by atoms with van der Waals surface area (Å²) in [6.07, 6.45) is 15.9. The molecule has 1 aliphatic carbocycles. The Morgan fingerprint density at radius 2 is 1.44 bits per heavy atom. The lowest BCUT2D eigenvalue weighted by Gasteiger charge is -2.28. The summed E-state index contributed by atoms with van der Waals surface area (Å²) in [5, 5.41) is 1.14. The Morgan fingerprint density at radius 1 is 0.765 bits per heavy atom. The highest BCUT2D eigenvalue weighted by Crippen LogP contribution is 2.34. The molecule has 2 aromatic carbocycles. The number of unbranched alkanes of at least 4 members (excludes halogenated alkanes) is 2. The minimum Gasteiger partial charge on any atom is -0.362 e. The van der Waals surface area contributed by atoms with Crippen molar-refractivity contribution in [2.24, 2.45) is 11.8 Å². The van der Waals surface area contributed by atoms with E-state index in [9.17, 15) is 0 Å². The molecule has 0 saturated heterocycles. The highest BCUT2D eigenvalue weighted by atomic mass is 79.9. The third-order valence-electron chi connectivity index (χ3n) is 7.55. The first-order valence-corrected chi connectivity index (χ1v) is 14.1. The van der Waals surface area contributed by atoms with Gasteiger partial charge in [0.1, 0.15) is 11.6 Å². The third-order valence-corrected chi connectivity index (χ3v) is 8.32. The van der Waals surface area contributed by atoms with Crippen LogP contribution in [0.15, 0.2) is 53.0 Å². The molecular formula is C30H40BrN3. The maximum atomic E-state index is 4.88. The van der Waals surface area contributed by atoms with Crippen molar-refractivity contribution in [3.05, 3.63) is 64.4 Å². The van der Waals surface area contributed by atoms with Gasteiger partial charge in [-0.25, -0.2) is 9.97 Å². The van der Waals surface area contributed by atoms with Crippen LogP contribution >= 0.6 is 15.9 Å². The average molecular weight is 523 g/mol. The minimum atomic E-state index is 0.903. The molecule has 1 aromatic heterocycles. The Labute approximate surface area is 214 Å². The second-order valence-electron chi connectivity index (χ2n) is 10.3. The van der Waals surface area contributed by atoms with Crippen LogP contribution in [0.4, 0.5) is 5.82 Å². The van der Waals surface area contributed by atoms with E-state index in [0.29, 0.717) is 0 Å². The summed E-state index contributed by atoms with van der Waals surface area (Å²) in [6, 6.07) is 17.0. The lowest BCUT2D eigenvalue weighted by molar-refractivity contribution is 0.245. The molecule has 34 heavy (non-hydrogen) atoms. The summed E-state index contributed by atoms with van der Waals surface area (Å²) >= 11 is 3.67. The summed E-state index contributed by atoms with van der Waals surface area (Å²) < 4.78 is 1.26. The van der Waals surface area contributed by atoms with Gasteiger partial charge in [0.2, 0.25) is 0 Å². The van der Waals surface area contributed by atoms with E-state index < -0.39 is 0 Å². The van der Waals surface area contributed by atoms with Crippen molar-refractivity contribution >= 4 is 32.7 Å². The number of aromatic nitrogens is 2. The molecule has 0 spiro atoms. The van der Waals surface area contributed by atoms with Gasteiger partial charge >= 0.3 is 0 Å². The number of hydrogen-bond donors (Lipinski definition) is 0. The predicted octanol–water partition coefficient (Wildman–Crippen LogP) is 8.39. The van der Waals surface area contributed by atoms with E-state index in [1.165, 1.54) is 80.7 Å². The minimum absolute atomic E-state index is 0.903. The van der Waals surface area contributed by atoms with Crippen LogP contribution in [0, 0.1) is 11.8 Å². The van der Waals surface area contributed by atoms with Gasteiger partial charge in [-0.05, 0) is 54.9 Å². The number of para-hydroxylation sites is 1. The Hall–Kier alpha value is -1.94. The molecular weight excluding hydrogens is 482 g/mol. The van der Waals surface area contributed by atoms with Gasteiger partial charge in [-0.1, -0.05) is 97.6 Å². The molecule has 0 N–H and O–H groups in total. The van der Waals surface area contributed by atoms with Crippen LogP contribution in [0.25, 0.3) is 10.9 Å². The third kappa shape index (κ3) is 7.04. The molecule has 0 radical (unpaired) electrons. The molecule has 1 aliphatic rings. The number of aryl methyl sites for hydroxylation is 2. The second-order valence-corrected chi connectivity index (χ2v) is 11.2. The van der Waals surface area contributed by atoms with Gasteiger partial charge in [-0.15, -0.1) is 0 Å². The monoisotopic (exact) mass is 521 g/mol. The molecule has 0 unspecified atom stereocenters. The van der Waals surface area contributed by atoms with Crippen molar-refractivity contribution < 1.29 is 0 Å². The van der Waals surface area contributed by atoms with Gasteiger partial charge in [0.25, 0.3) is 0 Å². The van der Waals surface area contributed by atoms with E-state index in [4.69, 9.17) is 9.97 Å². The van der Waals surface area contributed by atoms with Crippen LogP contribution in [0.1, 0.15) is 75.6 Å². The molecule has 1 heterocycles. The SMILES string of the molecule is CN(C)c1nc(CCCC2CCC(CCCCCc3ccccc3Br)CC2)nc2ccccc12. The summed E-state index contributed by atoms with van der Waals surface area (Å²) in [5.74, 6) is 3.91. The van der Waals surface area contributed by atoms with E-state index >= 15 is 0 Å². The molecule has 4 heteroatoms. The molecule has 0 aliphatic heterocycles. The zero-order chi connectivity index (χ0) is 23.8. The normalized spacial score (nSPS) is 18.3. The van der Waals surface area contributed by atoms with Gasteiger partial charge < -0.3 is 4.90 Å². The highest BCUT2D eigenvalue weighted by Gasteiger charge is 2.21. The van der Waals surface area contributed by atoms with Crippen LogP contribution in [0.5, 0.6) is 0 Å². The molecule has 4 rings (SSSR count). The number of fused-ring (bicyclic) bond motifs is 1. The largest absolute Gasteiger partial charge is 0.362 e. The maximum Gasteiger partial charge on any atom is 0.139 e. The first-order valence-electron chi connectivity index (χ1n) is 13.3. The molecule has 1 fully saturated rings. The van der Waals surface area contributed by atoms with Crippen LogP contribution in [-0.4, -0.2) is 24.1 Å². The predicted molar refractivity (Wildman–Crippen MR) is 149 cm³/mol. The summed E-state index contributed by atoms with van der Waals surface area (Å²) in [5.41, 5.74) is 2.52. The number of halogens is 1. The fourth-order valence-corrected chi connectivity index (χ4v) is 6.03. The number of nitrogens with zero attached hydrogens (tertiary/aromatic N) is 3. The lowest BCUT2D eigenvalue weighted by Crippen LogP contribution is -2.15.